The Morgan fingerprint density at radius 2 is 2.14 bits per heavy atom. The van der Waals surface area contributed by atoms with E-state index in [0.717, 1.165) is 5.56 Å². The number of pyridine rings is 1. The summed E-state index contributed by atoms with van der Waals surface area (Å²) in [4.78, 5) is 28.7. The van der Waals surface area contributed by atoms with Gasteiger partial charge in [0.15, 0.2) is 0 Å². The third-order valence-electron chi connectivity index (χ3n) is 3.95. The Morgan fingerprint density at radius 3 is 2.77 bits per heavy atom. The lowest BCUT2D eigenvalue weighted by Crippen LogP contribution is -2.45. The molecule has 22 heavy (non-hydrogen) atoms. The van der Waals surface area contributed by atoms with E-state index in [1.807, 2.05) is 26.8 Å². The summed E-state index contributed by atoms with van der Waals surface area (Å²) in [5.74, 6) is -0.555. The van der Waals surface area contributed by atoms with E-state index in [-0.39, 0.29) is 18.0 Å². The van der Waals surface area contributed by atoms with Crippen molar-refractivity contribution < 1.29 is 9.90 Å². The van der Waals surface area contributed by atoms with E-state index in [1.165, 1.54) is 10.6 Å². The maximum Gasteiger partial charge on any atom is 0.270 e. The molecule has 0 radical (unpaired) electrons. The van der Waals surface area contributed by atoms with E-state index in [1.54, 1.807) is 19.2 Å². The Morgan fingerprint density at radius 1 is 1.45 bits per heavy atom. The third-order valence-corrected chi connectivity index (χ3v) is 3.95. The van der Waals surface area contributed by atoms with Crippen molar-refractivity contribution in [1.82, 2.24) is 14.7 Å². The number of aliphatic hydroxyl groups is 1. The van der Waals surface area contributed by atoms with Crippen LogP contribution in [0.3, 0.4) is 0 Å². The van der Waals surface area contributed by atoms with Crippen LogP contribution in [0.4, 0.5) is 0 Å². The summed E-state index contributed by atoms with van der Waals surface area (Å²) in [6, 6.07) is 3.57. The Bertz CT molecular complexity index is 763. The average Bonchev–Trinajstić information content (AvgIpc) is 2.45. The second-order valence-corrected chi connectivity index (χ2v) is 6.11. The maximum absolute atomic E-state index is 12.4. The third kappa shape index (κ3) is 3.17. The molecule has 6 heteroatoms. The number of carbonyl (C=O) groups excluding carboxylic acids is 1. The Balaban J connectivity index is 2.29. The van der Waals surface area contributed by atoms with Gasteiger partial charge in [0.1, 0.15) is 11.2 Å². The number of carbonyl (C=O) groups is 1. The van der Waals surface area contributed by atoms with Crippen LogP contribution in [-0.2, 0) is 0 Å². The molecule has 1 amide bonds. The van der Waals surface area contributed by atoms with Gasteiger partial charge < -0.3 is 10.4 Å². The van der Waals surface area contributed by atoms with Crippen LogP contribution < -0.4 is 10.9 Å². The summed E-state index contributed by atoms with van der Waals surface area (Å²) in [7, 11) is 0. The van der Waals surface area contributed by atoms with Crippen LogP contribution in [0.1, 0.15) is 36.7 Å². The van der Waals surface area contributed by atoms with Gasteiger partial charge in [0.05, 0.1) is 5.60 Å². The predicted molar refractivity (Wildman–Crippen MR) is 84.0 cm³/mol. The minimum atomic E-state index is -1.04. The SMILES string of the molecule is Cc1ccc2ncc(C(=O)NCC(C)(O)C(C)C)c(=O)n2c1. The van der Waals surface area contributed by atoms with Crippen molar-refractivity contribution in [2.75, 3.05) is 6.54 Å². The van der Waals surface area contributed by atoms with Crippen molar-refractivity contribution in [2.45, 2.75) is 33.3 Å². The molecule has 6 nitrogen and oxygen atoms in total. The number of aromatic nitrogens is 2. The summed E-state index contributed by atoms with van der Waals surface area (Å²) in [6.45, 7) is 7.30. The molecule has 0 spiro atoms. The molecule has 0 fully saturated rings. The van der Waals surface area contributed by atoms with Crippen LogP contribution in [0.25, 0.3) is 5.65 Å². The van der Waals surface area contributed by atoms with E-state index in [0.29, 0.717) is 5.65 Å². The first-order chi connectivity index (χ1) is 10.2. The lowest BCUT2D eigenvalue weighted by Gasteiger charge is -2.27. The molecule has 0 aliphatic heterocycles. The molecule has 0 bridgehead atoms. The monoisotopic (exact) mass is 303 g/mol. The molecule has 0 aliphatic rings. The van der Waals surface area contributed by atoms with Gasteiger partial charge >= 0.3 is 0 Å². The van der Waals surface area contributed by atoms with Crippen LogP contribution in [0.5, 0.6) is 0 Å². The highest BCUT2D eigenvalue weighted by Crippen LogP contribution is 2.14. The van der Waals surface area contributed by atoms with Crippen molar-refractivity contribution in [3.05, 3.63) is 46.0 Å². The Kier molecular flexibility index (Phi) is 4.32. The largest absolute Gasteiger partial charge is 0.388 e. The lowest BCUT2D eigenvalue weighted by molar-refractivity contribution is 0.0142. The molecule has 2 heterocycles. The fourth-order valence-electron chi connectivity index (χ4n) is 1.90. The van der Waals surface area contributed by atoms with Crippen LogP contribution in [0.15, 0.2) is 29.3 Å². The summed E-state index contributed by atoms with van der Waals surface area (Å²) in [5.41, 5.74) is -0.108. The molecule has 1 unspecified atom stereocenters. The van der Waals surface area contributed by atoms with Crippen molar-refractivity contribution in [1.29, 1.82) is 0 Å². The topological polar surface area (TPSA) is 83.7 Å². The molecule has 2 aromatic heterocycles. The van der Waals surface area contributed by atoms with Gasteiger partial charge in [-0.15, -0.1) is 0 Å². The predicted octanol–water partition coefficient (Wildman–Crippen LogP) is 1.14. The summed E-state index contributed by atoms with van der Waals surface area (Å²) < 4.78 is 1.35. The van der Waals surface area contributed by atoms with Gasteiger partial charge in [-0.25, -0.2) is 4.98 Å². The fourth-order valence-corrected chi connectivity index (χ4v) is 1.90. The molecule has 0 saturated heterocycles. The average molecular weight is 303 g/mol. The van der Waals surface area contributed by atoms with Gasteiger partial charge in [-0.05, 0) is 31.4 Å². The van der Waals surface area contributed by atoms with Gasteiger partial charge in [-0.2, -0.15) is 0 Å². The minimum Gasteiger partial charge on any atom is -0.388 e. The molecule has 0 aromatic carbocycles. The van der Waals surface area contributed by atoms with E-state index < -0.39 is 17.1 Å². The highest BCUT2D eigenvalue weighted by Gasteiger charge is 2.26. The summed E-state index contributed by atoms with van der Waals surface area (Å²) in [6.07, 6.45) is 2.91. The molecule has 2 N–H and O–H groups in total. The molecule has 0 saturated carbocycles. The van der Waals surface area contributed by atoms with E-state index >= 15 is 0 Å². The van der Waals surface area contributed by atoms with Gasteiger partial charge in [-0.3, -0.25) is 14.0 Å². The van der Waals surface area contributed by atoms with Crippen molar-refractivity contribution >= 4 is 11.6 Å². The second-order valence-electron chi connectivity index (χ2n) is 6.11. The molecule has 118 valence electrons. The number of hydrogen-bond donors (Lipinski definition) is 2. The maximum atomic E-state index is 12.4. The summed E-state index contributed by atoms with van der Waals surface area (Å²) >= 11 is 0. The Labute approximate surface area is 128 Å². The van der Waals surface area contributed by atoms with Gasteiger partial charge in [0.2, 0.25) is 0 Å². The molecule has 0 aliphatic carbocycles. The van der Waals surface area contributed by atoms with Crippen molar-refractivity contribution in [2.24, 2.45) is 5.92 Å². The number of rotatable bonds is 4. The van der Waals surface area contributed by atoms with Gasteiger partial charge in [-0.1, -0.05) is 19.9 Å². The first-order valence-electron chi connectivity index (χ1n) is 7.21. The number of nitrogens with zero attached hydrogens (tertiary/aromatic N) is 2. The van der Waals surface area contributed by atoms with E-state index in [9.17, 15) is 14.7 Å². The number of aryl methyl sites for hydroxylation is 1. The van der Waals surface area contributed by atoms with Crippen LogP contribution in [0.2, 0.25) is 0 Å². The zero-order chi connectivity index (χ0) is 16.5. The zero-order valence-electron chi connectivity index (χ0n) is 13.3. The zero-order valence-corrected chi connectivity index (χ0v) is 13.3. The highest BCUT2D eigenvalue weighted by atomic mass is 16.3. The Hall–Kier alpha value is -2.21. The second kappa shape index (κ2) is 5.88. The number of hydrogen-bond acceptors (Lipinski definition) is 4. The van der Waals surface area contributed by atoms with Crippen molar-refractivity contribution in [3.63, 3.8) is 0 Å². The normalized spacial score (nSPS) is 14.1. The quantitative estimate of drug-likeness (QED) is 0.887. The number of fused-ring (bicyclic) bond motifs is 1. The van der Waals surface area contributed by atoms with Gasteiger partial charge in [0.25, 0.3) is 11.5 Å². The lowest BCUT2D eigenvalue weighted by atomic mass is 9.92. The fraction of sp³-hybridized carbons (Fsp3) is 0.438. The van der Waals surface area contributed by atoms with Gasteiger partial charge in [0, 0.05) is 18.9 Å². The van der Waals surface area contributed by atoms with Crippen molar-refractivity contribution in [3.8, 4) is 0 Å². The van der Waals surface area contributed by atoms with E-state index in [2.05, 4.69) is 10.3 Å². The number of nitrogens with one attached hydrogen (secondary N) is 1. The first kappa shape index (κ1) is 16.2. The number of amides is 1. The molecule has 2 aromatic rings. The summed E-state index contributed by atoms with van der Waals surface area (Å²) in [5, 5.41) is 12.7. The minimum absolute atomic E-state index is 0.0220. The van der Waals surface area contributed by atoms with E-state index in [4.69, 9.17) is 0 Å². The molecule has 1 atom stereocenters. The van der Waals surface area contributed by atoms with Crippen LogP contribution in [0, 0.1) is 12.8 Å². The smallest absolute Gasteiger partial charge is 0.270 e. The molecular weight excluding hydrogens is 282 g/mol. The highest BCUT2D eigenvalue weighted by molar-refractivity contribution is 5.93. The van der Waals surface area contributed by atoms with Crippen LogP contribution >= 0.6 is 0 Å². The standard InChI is InChI=1S/C16H21N3O3/c1-10(2)16(4,22)9-18-14(20)12-7-17-13-6-5-11(3)8-19(13)15(12)21/h5-8,10,22H,9H2,1-4H3,(H,18,20). The molecule has 2 rings (SSSR count). The first-order valence-corrected chi connectivity index (χ1v) is 7.21. The van der Waals surface area contributed by atoms with Crippen LogP contribution in [-0.4, -0.2) is 32.5 Å². The molecular formula is C16H21N3O3.